The minimum atomic E-state index is -0.158. The molecule has 0 spiro atoms. The van der Waals surface area contributed by atoms with Crippen LogP contribution in [0.15, 0.2) is 48.5 Å². The van der Waals surface area contributed by atoms with Crippen molar-refractivity contribution >= 4 is 0 Å². The minimum Gasteiger partial charge on any atom is -0.326 e. The Bertz CT molecular complexity index is 554. The molecule has 112 valence electrons. The van der Waals surface area contributed by atoms with E-state index in [1.165, 1.54) is 5.56 Å². The molecule has 0 aliphatic rings. The zero-order chi connectivity index (χ0) is 15.1. The predicted molar refractivity (Wildman–Crippen MR) is 85.1 cm³/mol. The highest BCUT2D eigenvalue weighted by molar-refractivity contribution is 5.26. The van der Waals surface area contributed by atoms with Crippen molar-refractivity contribution in [2.45, 2.75) is 33.0 Å². The molecule has 0 amide bonds. The normalized spacial score (nSPS) is 11.0. The summed E-state index contributed by atoms with van der Waals surface area (Å²) in [5.74, 6) is -0.158. The quantitative estimate of drug-likeness (QED) is 0.841. The zero-order valence-electron chi connectivity index (χ0n) is 12.6. The van der Waals surface area contributed by atoms with E-state index in [1.54, 1.807) is 6.07 Å². The van der Waals surface area contributed by atoms with Gasteiger partial charge in [-0.15, -0.1) is 0 Å². The summed E-state index contributed by atoms with van der Waals surface area (Å²) >= 11 is 0. The van der Waals surface area contributed by atoms with E-state index in [0.29, 0.717) is 12.1 Å². The molecule has 21 heavy (non-hydrogen) atoms. The first-order valence-corrected chi connectivity index (χ1v) is 7.47. The van der Waals surface area contributed by atoms with Gasteiger partial charge in [-0.3, -0.25) is 4.90 Å². The topological polar surface area (TPSA) is 29.3 Å². The van der Waals surface area contributed by atoms with E-state index in [0.717, 1.165) is 25.1 Å². The van der Waals surface area contributed by atoms with Gasteiger partial charge < -0.3 is 5.73 Å². The molecule has 2 rings (SSSR count). The first-order chi connectivity index (χ1) is 10.2. The van der Waals surface area contributed by atoms with Gasteiger partial charge in [0.1, 0.15) is 5.82 Å². The molecule has 0 radical (unpaired) electrons. The van der Waals surface area contributed by atoms with Gasteiger partial charge in [-0.25, -0.2) is 4.39 Å². The molecule has 2 aromatic rings. The van der Waals surface area contributed by atoms with Crippen LogP contribution >= 0.6 is 0 Å². The summed E-state index contributed by atoms with van der Waals surface area (Å²) in [6.45, 7) is 4.78. The Kier molecular flexibility index (Phi) is 5.90. The molecule has 2 nitrogen and oxygen atoms in total. The van der Waals surface area contributed by atoms with Gasteiger partial charge in [-0.2, -0.15) is 0 Å². The van der Waals surface area contributed by atoms with Crippen LogP contribution in [0.25, 0.3) is 0 Å². The van der Waals surface area contributed by atoms with Crippen LogP contribution in [-0.4, -0.2) is 11.4 Å². The Morgan fingerprint density at radius 1 is 0.952 bits per heavy atom. The molecule has 0 heterocycles. The maximum absolute atomic E-state index is 14.3. The molecule has 0 aliphatic carbocycles. The average Bonchev–Trinajstić information content (AvgIpc) is 2.50. The Balaban J connectivity index is 2.13. The molecule has 0 aromatic heterocycles. The lowest BCUT2D eigenvalue weighted by Gasteiger charge is -2.22. The van der Waals surface area contributed by atoms with Gasteiger partial charge >= 0.3 is 0 Å². The summed E-state index contributed by atoms with van der Waals surface area (Å²) in [7, 11) is 0. The van der Waals surface area contributed by atoms with Crippen LogP contribution in [-0.2, 0) is 19.6 Å². The van der Waals surface area contributed by atoms with Crippen LogP contribution in [0.4, 0.5) is 4.39 Å². The lowest BCUT2D eigenvalue weighted by atomic mass is 10.1. The first-order valence-electron chi connectivity index (χ1n) is 7.47. The molecule has 0 aliphatic heterocycles. The second-order valence-corrected chi connectivity index (χ2v) is 5.29. The number of rotatable bonds is 7. The third-order valence-electron chi connectivity index (χ3n) is 3.56. The highest BCUT2D eigenvalue weighted by Gasteiger charge is 2.11. The molecule has 0 saturated heterocycles. The molecule has 0 saturated carbocycles. The monoisotopic (exact) mass is 286 g/mol. The zero-order valence-corrected chi connectivity index (χ0v) is 12.6. The van der Waals surface area contributed by atoms with Crippen LogP contribution in [0.1, 0.15) is 30.0 Å². The smallest absolute Gasteiger partial charge is 0.132 e. The van der Waals surface area contributed by atoms with Crippen molar-refractivity contribution in [1.29, 1.82) is 0 Å². The van der Waals surface area contributed by atoms with Crippen LogP contribution < -0.4 is 5.73 Å². The van der Waals surface area contributed by atoms with Crippen molar-refractivity contribution in [1.82, 2.24) is 4.90 Å². The van der Waals surface area contributed by atoms with Crippen LogP contribution in [0.5, 0.6) is 0 Å². The molecule has 0 fully saturated rings. The molecule has 0 atom stereocenters. The third-order valence-corrected chi connectivity index (χ3v) is 3.56. The van der Waals surface area contributed by atoms with E-state index >= 15 is 0 Å². The van der Waals surface area contributed by atoms with Gasteiger partial charge in [-0.05, 0) is 18.5 Å². The number of benzene rings is 2. The van der Waals surface area contributed by atoms with E-state index in [4.69, 9.17) is 5.73 Å². The van der Waals surface area contributed by atoms with E-state index in [2.05, 4.69) is 24.0 Å². The maximum atomic E-state index is 14.3. The van der Waals surface area contributed by atoms with Crippen molar-refractivity contribution in [3.8, 4) is 0 Å². The maximum Gasteiger partial charge on any atom is 0.132 e. The van der Waals surface area contributed by atoms with Crippen molar-refractivity contribution in [3.63, 3.8) is 0 Å². The minimum absolute atomic E-state index is 0.158. The Morgan fingerprint density at radius 2 is 1.67 bits per heavy atom. The third kappa shape index (κ3) is 4.38. The fraction of sp³-hybridized carbons (Fsp3) is 0.333. The summed E-state index contributed by atoms with van der Waals surface area (Å²) in [6, 6.07) is 15.8. The number of nitrogens with zero attached hydrogens (tertiary/aromatic N) is 1. The fourth-order valence-electron chi connectivity index (χ4n) is 2.53. The summed E-state index contributed by atoms with van der Waals surface area (Å²) in [6.07, 6.45) is 1.05. The molecular formula is C18H23FN2. The standard InChI is InChI=1S/C18H23FN2/c1-2-11-21(13-15-7-4-3-5-8-15)14-17-10-6-9-16(12-20)18(17)19/h3-10H,2,11-14,20H2,1H3. The van der Waals surface area contributed by atoms with Crippen molar-refractivity contribution < 1.29 is 4.39 Å². The van der Waals surface area contributed by atoms with Crippen LogP contribution in [0.2, 0.25) is 0 Å². The Hall–Kier alpha value is -1.71. The van der Waals surface area contributed by atoms with E-state index in [-0.39, 0.29) is 12.4 Å². The van der Waals surface area contributed by atoms with Gasteiger partial charge in [0.25, 0.3) is 0 Å². The lowest BCUT2D eigenvalue weighted by molar-refractivity contribution is 0.253. The summed E-state index contributed by atoms with van der Waals surface area (Å²) in [5, 5.41) is 0. The molecule has 2 N–H and O–H groups in total. The van der Waals surface area contributed by atoms with E-state index in [9.17, 15) is 4.39 Å². The van der Waals surface area contributed by atoms with Crippen molar-refractivity contribution in [3.05, 3.63) is 71.0 Å². The Labute approximate surface area is 126 Å². The van der Waals surface area contributed by atoms with E-state index in [1.807, 2.05) is 30.3 Å². The highest BCUT2D eigenvalue weighted by Crippen LogP contribution is 2.16. The summed E-state index contributed by atoms with van der Waals surface area (Å²) in [4.78, 5) is 2.27. The summed E-state index contributed by atoms with van der Waals surface area (Å²) in [5.41, 5.74) is 8.14. The molecule has 0 unspecified atom stereocenters. The van der Waals surface area contributed by atoms with Gasteiger partial charge in [-0.1, -0.05) is 55.5 Å². The SMILES string of the molecule is CCCN(Cc1ccccc1)Cc1cccc(CN)c1F. The van der Waals surface area contributed by atoms with Crippen LogP contribution in [0, 0.1) is 5.82 Å². The average molecular weight is 286 g/mol. The second-order valence-electron chi connectivity index (χ2n) is 5.29. The highest BCUT2D eigenvalue weighted by atomic mass is 19.1. The number of hydrogen-bond acceptors (Lipinski definition) is 2. The molecule has 2 aromatic carbocycles. The number of nitrogens with two attached hydrogens (primary N) is 1. The molecular weight excluding hydrogens is 263 g/mol. The van der Waals surface area contributed by atoms with Gasteiger partial charge in [0.15, 0.2) is 0 Å². The van der Waals surface area contributed by atoms with Crippen LogP contribution in [0.3, 0.4) is 0 Å². The Morgan fingerprint density at radius 3 is 2.33 bits per heavy atom. The van der Waals surface area contributed by atoms with Crippen molar-refractivity contribution in [2.75, 3.05) is 6.54 Å². The summed E-state index contributed by atoms with van der Waals surface area (Å²) < 4.78 is 14.3. The van der Waals surface area contributed by atoms with E-state index < -0.39 is 0 Å². The largest absolute Gasteiger partial charge is 0.326 e. The van der Waals surface area contributed by atoms with Gasteiger partial charge in [0.05, 0.1) is 0 Å². The number of hydrogen-bond donors (Lipinski definition) is 1. The predicted octanol–water partition coefficient (Wildman–Crippen LogP) is 3.70. The second kappa shape index (κ2) is 7.91. The number of halogens is 1. The van der Waals surface area contributed by atoms with Gasteiger partial charge in [0.2, 0.25) is 0 Å². The molecule has 0 bridgehead atoms. The first kappa shape index (κ1) is 15.7. The van der Waals surface area contributed by atoms with Crippen molar-refractivity contribution in [2.24, 2.45) is 5.73 Å². The molecule has 3 heteroatoms. The fourth-order valence-corrected chi connectivity index (χ4v) is 2.53. The lowest BCUT2D eigenvalue weighted by Crippen LogP contribution is -2.24. The van der Waals surface area contributed by atoms with Gasteiger partial charge in [0, 0.05) is 30.8 Å².